The number of rotatable bonds is 6. The van der Waals surface area contributed by atoms with E-state index in [4.69, 9.17) is 5.73 Å². The zero-order valence-corrected chi connectivity index (χ0v) is 18.6. The second-order valence-electron chi connectivity index (χ2n) is 8.21. The molecule has 0 radical (unpaired) electrons. The smallest absolute Gasteiger partial charge is 0.331 e. The average Bonchev–Trinajstić information content (AvgIpc) is 2.81. The molecule has 8 nitrogen and oxygen atoms in total. The van der Waals surface area contributed by atoms with Gasteiger partial charge in [0, 0.05) is 30.4 Å². The second-order valence-corrected chi connectivity index (χ2v) is 8.21. The number of carbonyl (C=O) groups is 1. The molecule has 0 aliphatic carbocycles. The summed E-state index contributed by atoms with van der Waals surface area (Å²) in [6.45, 7) is 1.56. The number of piperazine rings is 1. The van der Waals surface area contributed by atoms with Crippen molar-refractivity contribution in [2.24, 2.45) is 5.73 Å². The lowest BCUT2D eigenvalue weighted by molar-refractivity contribution is -0.120. The molecule has 1 aliphatic heterocycles. The fourth-order valence-electron chi connectivity index (χ4n) is 4.17. The van der Waals surface area contributed by atoms with Crippen molar-refractivity contribution in [3.8, 4) is 0 Å². The first kappa shape index (κ1) is 23.4. The average molecular weight is 469 g/mol. The van der Waals surface area contributed by atoms with Gasteiger partial charge in [0.2, 0.25) is 5.91 Å². The van der Waals surface area contributed by atoms with Crippen LogP contribution >= 0.6 is 0 Å². The molecule has 2 aromatic carbocycles. The minimum Gasteiger partial charge on any atom is -0.355 e. The number of anilines is 1. The van der Waals surface area contributed by atoms with Crippen molar-refractivity contribution in [1.29, 1.82) is 0 Å². The maximum absolute atomic E-state index is 14.4. The molecule has 0 bridgehead atoms. The van der Waals surface area contributed by atoms with Crippen LogP contribution < -0.4 is 27.2 Å². The number of carbonyl (C=O) groups excluding carboxylic acids is 1. The van der Waals surface area contributed by atoms with Gasteiger partial charge < -0.3 is 16.0 Å². The van der Waals surface area contributed by atoms with E-state index in [1.165, 1.54) is 13.0 Å². The van der Waals surface area contributed by atoms with Crippen LogP contribution in [0.15, 0.2) is 58.1 Å². The van der Waals surface area contributed by atoms with Gasteiger partial charge >= 0.3 is 5.69 Å². The standard InChI is InChI=1S/C24H25F2N5O3/c1-15-22(29-11-10-28-21(32)14-29)23(33)31(13-20(27)16-6-3-2-4-7-16)24(34)30(15)12-17-18(25)8-5-9-19(17)26/h2-9,20H,10-14,27H2,1H3,(H,28,32)/t20-/m0/s1. The predicted octanol–water partition coefficient (Wildman–Crippen LogP) is 1.28. The van der Waals surface area contributed by atoms with Crippen molar-refractivity contribution in [3.05, 3.63) is 97.8 Å². The van der Waals surface area contributed by atoms with Crippen LogP contribution in [-0.2, 0) is 17.9 Å². The predicted molar refractivity (Wildman–Crippen MR) is 124 cm³/mol. The van der Waals surface area contributed by atoms with Gasteiger partial charge in [0.05, 0.1) is 19.6 Å². The van der Waals surface area contributed by atoms with Crippen LogP contribution in [0.3, 0.4) is 0 Å². The van der Waals surface area contributed by atoms with E-state index in [0.29, 0.717) is 13.1 Å². The number of nitrogens with zero attached hydrogens (tertiary/aromatic N) is 3. The molecule has 4 rings (SSSR count). The number of hydrogen-bond acceptors (Lipinski definition) is 5. The summed E-state index contributed by atoms with van der Waals surface area (Å²) in [5, 5.41) is 2.69. The van der Waals surface area contributed by atoms with Gasteiger partial charge in [-0.1, -0.05) is 36.4 Å². The van der Waals surface area contributed by atoms with E-state index in [1.54, 1.807) is 29.2 Å². The molecular formula is C24H25F2N5O3. The van der Waals surface area contributed by atoms with Gasteiger partial charge in [-0.05, 0) is 24.6 Å². The van der Waals surface area contributed by atoms with Crippen molar-refractivity contribution >= 4 is 11.6 Å². The first-order chi connectivity index (χ1) is 16.3. The summed E-state index contributed by atoms with van der Waals surface area (Å²) < 4.78 is 31.0. The zero-order valence-electron chi connectivity index (χ0n) is 18.6. The molecule has 0 spiro atoms. The molecule has 3 N–H and O–H groups in total. The van der Waals surface area contributed by atoms with E-state index in [1.807, 2.05) is 6.07 Å². The summed E-state index contributed by atoms with van der Waals surface area (Å²) in [7, 11) is 0. The highest BCUT2D eigenvalue weighted by Gasteiger charge is 2.26. The Bertz CT molecular complexity index is 1320. The number of hydrogen-bond donors (Lipinski definition) is 2. The van der Waals surface area contributed by atoms with Gasteiger partial charge in [-0.2, -0.15) is 0 Å². The largest absolute Gasteiger partial charge is 0.355 e. The summed E-state index contributed by atoms with van der Waals surface area (Å²) in [5.41, 5.74) is 5.74. The van der Waals surface area contributed by atoms with Crippen LogP contribution in [0.1, 0.15) is 22.9 Å². The summed E-state index contributed by atoms with van der Waals surface area (Å²) in [4.78, 5) is 40.5. The van der Waals surface area contributed by atoms with Gasteiger partial charge in [-0.15, -0.1) is 0 Å². The van der Waals surface area contributed by atoms with Crippen LogP contribution in [0, 0.1) is 18.6 Å². The molecule has 3 aromatic rings. The Balaban J connectivity index is 1.87. The Morgan fingerprint density at radius 3 is 2.32 bits per heavy atom. The minimum atomic E-state index is -0.802. The highest BCUT2D eigenvalue weighted by atomic mass is 19.1. The number of nitrogens with two attached hydrogens (primary N) is 1. The van der Waals surface area contributed by atoms with Crippen LogP contribution in [0.25, 0.3) is 0 Å². The highest BCUT2D eigenvalue weighted by molar-refractivity contribution is 5.82. The van der Waals surface area contributed by atoms with Gasteiger partial charge in [-0.25, -0.2) is 13.6 Å². The molecule has 10 heteroatoms. The normalized spacial score (nSPS) is 14.7. The molecule has 34 heavy (non-hydrogen) atoms. The first-order valence-electron chi connectivity index (χ1n) is 10.9. The van der Waals surface area contributed by atoms with Gasteiger partial charge in [-0.3, -0.25) is 18.7 Å². The van der Waals surface area contributed by atoms with Crippen LogP contribution in [0.5, 0.6) is 0 Å². The van der Waals surface area contributed by atoms with Crippen molar-refractivity contribution in [3.63, 3.8) is 0 Å². The molecule has 1 fully saturated rings. The third kappa shape index (κ3) is 4.49. The quantitative estimate of drug-likeness (QED) is 0.566. The lowest BCUT2D eigenvalue weighted by Crippen LogP contribution is -2.52. The van der Waals surface area contributed by atoms with E-state index < -0.39 is 35.5 Å². The molecule has 2 heterocycles. The molecule has 0 unspecified atom stereocenters. The maximum atomic E-state index is 14.4. The van der Waals surface area contributed by atoms with Gasteiger partial charge in [0.15, 0.2) is 0 Å². The Morgan fingerprint density at radius 2 is 1.68 bits per heavy atom. The van der Waals surface area contributed by atoms with Crippen molar-refractivity contribution in [1.82, 2.24) is 14.5 Å². The SMILES string of the molecule is Cc1c(N2CCNC(=O)C2)c(=O)n(C[C@H](N)c2ccccc2)c(=O)n1Cc1c(F)cccc1F. The lowest BCUT2D eigenvalue weighted by Gasteiger charge is -2.31. The highest BCUT2D eigenvalue weighted by Crippen LogP contribution is 2.19. The number of halogens is 2. The van der Waals surface area contributed by atoms with Crippen LogP contribution in [0.2, 0.25) is 0 Å². The summed E-state index contributed by atoms with van der Waals surface area (Å²) in [5.74, 6) is -1.87. The molecule has 1 amide bonds. The van der Waals surface area contributed by atoms with E-state index in [9.17, 15) is 23.2 Å². The van der Waals surface area contributed by atoms with Crippen molar-refractivity contribution in [2.75, 3.05) is 24.5 Å². The monoisotopic (exact) mass is 469 g/mol. The van der Waals surface area contributed by atoms with Crippen molar-refractivity contribution in [2.45, 2.75) is 26.1 Å². The topological polar surface area (TPSA) is 102 Å². The number of nitrogens with one attached hydrogen (secondary N) is 1. The molecule has 1 aromatic heterocycles. The van der Waals surface area contributed by atoms with Gasteiger partial charge in [0.1, 0.15) is 17.3 Å². The summed E-state index contributed by atoms with van der Waals surface area (Å²) in [6.07, 6.45) is 0. The number of amides is 1. The maximum Gasteiger partial charge on any atom is 0.331 e. The third-order valence-corrected chi connectivity index (χ3v) is 6.00. The molecule has 178 valence electrons. The van der Waals surface area contributed by atoms with E-state index in [-0.39, 0.29) is 35.9 Å². The minimum absolute atomic E-state index is 0.0763. The van der Waals surface area contributed by atoms with E-state index >= 15 is 0 Å². The molecule has 1 saturated heterocycles. The fourth-order valence-corrected chi connectivity index (χ4v) is 4.17. The Hall–Kier alpha value is -3.79. The Labute approximate surface area is 194 Å². The molecule has 1 atom stereocenters. The van der Waals surface area contributed by atoms with E-state index in [2.05, 4.69) is 5.32 Å². The zero-order chi connectivity index (χ0) is 24.4. The molecule has 1 aliphatic rings. The van der Waals surface area contributed by atoms with Crippen LogP contribution in [-0.4, -0.2) is 34.7 Å². The Morgan fingerprint density at radius 1 is 1.00 bits per heavy atom. The second kappa shape index (κ2) is 9.60. The van der Waals surface area contributed by atoms with Crippen molar-refractivity contribution < 1.29 is 13.6 Å². The number of benzene rings is 2. The van der Waals surface area contributed by atoms with E-state index in [0.717, 1.165) is 26.8 Å². The third-order valence-electron chi connectivity index (χ3n) is 6.00. The van der Waals surface area contributed by atoms with Crippen LogP contribution in [0.4, 0.5) is 14.5 Å². The molecular weight excluding hydrogens is 444 g/mol. The fraction of sp³-hybridized carbons (Fsp3) is 0.292. The summed E-state index contributed by atoms with van der Waals surface area (Å²) >= 11 is 0. The number of aromatic nitrogens is 2. The molecule has 0 saturated carbocycles. The first-order valence-corrected chi connectivity index (χ1v) is 10.9. The lowest BCUT2D eigenvalue weighted by atomic mass is 10.1. The Kier molecular flexibility index (Phi) is 6.60. The van der Waals surface area contributed by atoms with Gasteiger partial charge in [0.25, 0.3) is 5.56 Å². The summed E-state index contributed by atoms with van der Waals surface area (Å²) in [6, 6.07) is 11.8.